The molecule has 1 aromatic carbocycles. The van der Waals surface area contributed by atoms with E-state index < -0.39 is 5.60 Å². The molecule has 3 N–H and O–H groups in total. The van der Waals surface area contributed by atoms with Crippen LogP contribution in [0.15, 0.2) is 54.7 Å². The van der Waals surface area contributed by atoms with E-state index in [-0.39, 0.29) is 12.1 Å². The zero-order valence-corrected chi connectivity index (χ0v) is 22.4. The van der Waals surface area contributed by atoms with Crippen LogP contribution < -0.4 is 5.32 Å². The minimum atomic E-state index is -0.836. The van der Waals surface area contributed by atoms with Gasteiger partial charge in [-0.15, -0.1) is 11.5 Å². The van der Waals surface area contributed by atoms with Gasteiger partial charge in [0.2, 0.25) is 5.95 Å². The number of hydrogen-bond donors (Lipinski definition) is 3. The van der Waals surface area contributed by atoms with Crippen molar-refractivity contribution in [2.45, 2.75) is 75.7 Å². The molecule has 2 fully saturated rings. The number of rotatable bonds is 7. The topological polar surface area (TPSA) is 122 Å². The third kappa shape index (κ3) is 5.74. The van der Waals surface area contributed by atoms with Crippen molar-refractivity contribution in [1.82, 2.24) is 29.9 Å². The Bertz CT molecular complexity index is 1530. The highest BCUT2D eigenvalue weighted by Gasteiger charge is 2.34. The molecule has 0 saturated heterocycles. The number of aliphatic hydroxyl groups excluding tert-OH is 1. The Kier molecular flexibility index (Phi) is 7.29. The van der Waals surface area contributed by atoms with E-state index in [1.807, 2.05) is 54.7 Å². The molecule has 0 spiro atoms. The minimum Gasteiger partial charge on any atom is -0.393 e. The summed E-state index contributed by atoms with van der Waals surface area (Å²) in [6, 6.07) is 15.6. The van der Waals surface area contributed by atoms with Crippen LogP contribution in [0, 0.1) is 12.3 Å². The summed E-state index contributed by atoms with van der Waals surface area (Å²) in [5.74, 6) is 3.20. The van der Waals surface area contributed by atoms with Crippen LogP contribution in [-0.2, 0) is 12.1 Å². The summed E-state index contributed by atoms with van der Waals surface area (Å²) in [5.41, 5.74) is 4.35. The monoisotopic (exact) mass is 535 g/mol. The molecule has 0 atom stereocenters. The van der Waals surface area contributed by atoms with Crippen LogP contribution >= 0.6 is 0 Å². The van der Waals surface area contributed by atoms with Gasteiger partial charge in [0, 0.05) is 17.2 Å². The number of hydrogen-bond acceptors (Lipinski definition) is 8. The molecular weight excluding hydrogens is 502 g/mol. The maximum Gasteiger partial charge on any atom is 0.224 e. The van der Waals surface area contributed by atoms with Crippen LogP contribution in [0.25, 0.3) is 22.6 Å². The predicted molar refractivity (Wildman–Crippen MR) is 152 cm³/mol. The molecule has 0 amide bonds. The number of nitrogens with zero attached hydrogens (tertiary/aromatic N) is 6. The van der Waals surface area contributed by atoms with Crippen molar-refractivity contribution in [2.75, 3.05) is 5.32 Å². The predicted octanol–water partition coefficient (Wildman–Crippen LogP) is 4.30. The molecule has 2 aliphatic rings. The Hall–Kier alpha value is -4.13. The molecule has 6 rings (SSSR count). The molecule has 3 heterocycles. The highest BCUT2D eigenvalue weighted by atomic mass is 16.3. The van der Waals surface area contributed by atoms with Crippen LogP contribution in [0.2, 0.25) is 0 Å². The van der Waals surface area contributed by atoms with E-state index in [2.05, 4.69) is 21.5 Å². The third-order valence-electron chi connectivity index (χ3n) is 7.92. The van der Waals surface area contributed by atoms with E-state index in [1.165, 1.54) is 0 Å². The van der Waals surface area contributed by atoms with Crippen LogP contribution in [0.5, 0.6) is 0 Å². The molecule has 0 unspecified atom stereocenters. The van der Waals surface area contributed by atoms with Gasteiger partial charge in [0.25, 0.3) is 0 Å². The van der Waals surface area contributed by atoms with E-state index in [1.54, 1.807) is 4.68 Å². The number of benzene rings is 1. The second-order valence-corrected chi connectivity index (χ2v) is 10.9. The molecule has 0 bridgehead atoms. The molecular formula is C31H33N7O2. The molecule has 9 heteroatoms. The largest absolute Gasteiger partial charge is 0.393 e. The van der Waals surface area contributed by atoms with Gasteiger partial charge in [0.05, 0.1) is 41.6 Å². The summed E-state index contributed by atoms with van der Waals surface area (Å²) in [7, 11) is 0. The van der Waals surface area contributed by atoms with Crippen molar-refractivity contribution < 1.29 is 10.2 Å². The Morgan fingerprint density at radius 1 is 0.950 bits per heavy atom. The SMILES string of the molecule is C#Cc1cccc(-c2cc(-c3cn(Cc4cccc(C5(O)CCCC5)n4)nn3)nc(NC3CCC(O)CC3)n2)c1. The fourth-order valence-corrected chi connectivity index (χ4v) is 5.66. The smallest absolute Gasteiger partial charge is 0.224 e. The van der Waals surface area contributed by atoms with E-state index in [0.29, 0.717) is 23.9 Å². The summed E-state index contributed by atoms with van der Waals surface area (Å²) >= 11 is 0. The van der Waals surface area contributed by atoms with Gasteiger partial charge in [0.1, 0.15) is 11.3 Å². The molecule has 204 valence electrons. The Morgan fingerprint density at radius 3 is 2.52 bits per heavy atom. The third-order valence-corrected chi connectivity index (χ3v) is 7.92. The Labute approximate surface area is 233 Å². The van der Waals surface area contributed by atoms with Crippen LogP contribution in [0.3, 0.4) is 0 Å². The van der Waals surface area contributed by atoms with Crippen molar-refractivity contribution in [2.24, 2.45) is 0 Å². The lowest BCUT2D eigenvalue weighted by molar-refractivity contribution is 0.0397. The van der Waals surface area contributed by atoms with Crippen molar-refractivity contribution in [1.29, 1.82) is 0 Å². The van der Waals surface area contributed by atoms with Crippen molar-refractivity contribution in [3.8, 4) is 35.0 Å². The van der Waals surface area contributed by atoms with Gasteiger partial charge in [-0.1, -0.05) is 42.2 Å². The second-order valence-electron chi connectivity index (χ2n) is 10.9. The maximum absolute atomic E-state index is 11.0. The van der Waals surface area contributed by atoms with Crippen LogP contribution in [0.4, 0.5) is 5.95 Å². The summed E-state index contributed by atoms with van der Waals surface area (Å²) < 4.78 is 1.73. The Morgan fingerprint density at radius 2 is 1.73 bits per heavy atom. The normalized spacial score (nSPS) is 20.2. The Balaban J connectivity index is 1.28. The molecule has 3 aromatic heterocycles. The molecule has 0 aliphatic heterocycles. The van der Waals surface area contributed by atoms with Gasteiger partial charge in [-0.05, 0) is 68.9 Å². The lowest BCUT2D eigenvalue weighted by Crippen LogP contribution is -2.29. The number of terminal acetylenes is 1. The first-order valence-corrected chi connectivity index (χ1v) is 14.0. The first kappa shape index (κ1) is 26.1. The van der Waals surface area contributed by atoms with Gasteiger partial charge < -0.3 is 15.5 Å². The zero-order valence-electron chi connectivity index (χ0n) is 22.4. The first-order valence-electron chi connectivity index (χ1n) is 14.0. The summed E-state index contributed by atoms with van der Waals surface area (Å²) in [6.07, 6.45) is 14.0. The number of aromatic nitrogens is 6. The van der Waals surface area contributed by atoms with Gasteiger partial charge in [0.15, 0.2) is 0 Å². The van der Waals surface area contributed by atoms with E-state index in [4.69, 9.17) is 21.4 Å². The highest BCUT2D eigenvalue weighted by molar-refractivity contribution is 5.68. The van der Waals surface area contributed by atoms with E-state index in [9.17, 15) is 10.2 Å². The van der Waals surface area contributed by atoms with E-state index in [0.717, 1.165) is 79.6 Å². The average Bonchev–Trinajstić information content (AvgIpc) is 3.64. The highest BCUT2D eigenvalue weighted by Crippen LogP contribution is 2.37. The van der Waals surface area contributed by atoms with Crippen molar-refractivity contribution >= 4 is 5.95 Å². The van der Waals surface area contributed by atoms with Gasteiger partial charge >= 0.3 is 0 Å². The average molecular weight is 536 g/mol. The number of pyridine rings is 1. The van der Waals surface area contributed by atoms with E-state index >= 15 is 0 Å². The quantitative estimate of drug-likeness (QED) is 0.300. The minimum absolute atomic E-state index is 0.187. The molecule has 2 aliphatic carbocycles. The number of aliphatic hydroxyl groups is 2. The lowest BCUT2D eigenvalue weighted by Gasteiger charge is -2.26. The van der Waals surface area contributed by atoms with Gasteiger partial charge in [-0.3, -0.25) is 4.98 Å². The number of nitrogens with one attached hydrogen (secondary N) is 1. The standard InChI is InChI=1S/C31H33N7O2/c1-2-21-7-5-8-22(17-21)26-18-27(35-30(34-26)33-23-11-13-25(39)14-12-23)28-20-38(37-36-28)19-24-9-6-10-29(32-24)31(40)15-3-4-16-31/h1,5-10,17-18,20,23,25,39-40H,3-4,11-16,19H2,(H,33,34,35). The molecule has 4 aromatic rings. The molecule has 2 saturated carbocycles. The zero-order chi connectivity index (χ0) is 27.5. The fraction of sp³-hybridized carbons (Fsp3) is 0.387. The summed E-state index contributed by atoms with van der Waals surface area (Å²) in [6.45, 7) is 0.425. The van der Waals surface area contributed by atoms with Crippen molar-refractivity contribution in [3.05, 3.63) is 71.7 Å². The van der Waals surface area contributed by atoms with Crippen LogP contribution in [-0.4, -0.2) is 52.3 Å². The van der Waals surface area contributed by atoms with Crippen molar-refractivity contribution in [3.63, 3.8) is 0 Å². The van der Waals surface area contributed by atoms with Crippen LogP contribution in [0.1, 0.15) is 68.3 Å². The summed E-state index contributed by atoms with van der Waals surface area (Å²) in [4.78, 5) is 14.3. The molecule has 40 heavy (non-hydrogen) atoms. The van der Waals surface area contributed by atoms with Gasteiger partial charge in [-0.25, -0.2) is 14.6 Å². The fourth-order valence-electron chi connectivity index (χ4n) is 5.66. The summed E-state index contributed by atoms with van der Waals surface area (Å²) in [5, 5.41) is 33.1. The lowest BCUT2D eigenvalue weighted by atomic mass is 9.93. The second kappa shape index (κ2) is 11.2. The maximum atomic E-state index is 11.0. The molecule has 9 nitrogen and oxygen atoms in total. The van der Waals surface area contributed by atoms with Gasteiger partial charge in [-0.2, -0.15) is 0 Å². The number of anilines is 1. The molecule has 0 radical (unpaired) electrons. The first-order chi connectivity index (χ1) is 19.5.